The summed E-state index contributed by atoms with van der Waals surface area (Å²) in [6.07, 6.45) is 1.22. The maximum atomic E-state index is 5.37. The highest BCUT2D eigenvalue weighted by atomic mass is 16.5. The molecule has 4 N–H and O–H groups in total. The molecule has 0 aliphatic carbocycles. The quantitative estimate of drug-likeness (QED) is 0.185. The van der Waals surface area contributed by atoms with Crippen LogP contribution in [-0.2, 0) is 4.74 Å². The number of hydrogen-bond donors (Lipinski definition) is 3. The van der Waals surface area contributed by atoms with Crippen molar-refractivity contribution >= 4 is 5.96 Å². The molecule has 6 heteroatoms. The third-order valence-electron chi connectivity index (χ3n) is 2.73. The van der Waals surface area contributed by atoms with E-state index in [1.165, 1.54) is 13.0 Å². The zero-order valence-electron chi connectivity index (χ0n) is 10.2. The van der Waals surface area contributed by atoms with E-state index in [2.05, 4.69) is 27.7 Å². The number of nitrogens with one attached hydrogen (secondary N) is 2. The molecule has 1 aliphatic heterocycles. The van der Waals surface area contributed by atoms with Crippen LogP contribution in [0.25, 0.3) is 0 Å². The fourth-order valence-corrected chi connectivity index (χ4v) is 1.82. The van der Waals surface area contributed by atoms with Crippen LogP contribution in [0.3, 0.4) is 0 Å². The molecule has 6 nitrogen and oxygen atoms in total. The van der Waals surface area contributed by atoms with Gasteiger partial charge in [-0.15, -0.1) is 0 Å². The van der Waals surface area contributed by atoms with Gasteiger partial charge in [0.15, 0.2) is 0 Å². The van der Waals surface area contributed by atoms with Gasteiger partial charge in [-0.3, -0.25) is 10.4 Å². The summed E-state index contributed by atoms with van der Waals surface area (Å²) in [6, 6.07) is 0. The smallest absolute Gasteiger partial charge is 0.205 e. The predicted molar refractivity (Wildman–Crippen MR) is 65.1 cm³/mol. The molecule has 1 rings (SSSR count). The SMILES string of the molecule is COCCNC(=NCC1CCN(C)C1)NN. The molecule has 0 radical (unpaired) electrons. The van der Waals surface area contributed by atoms with E-state index in [9.17, 15) is 0 Å². The Morgan fingerprint density at radius 1 is 1.62 bits per heavy atom. The monoisotopic (exact) mass is 229 g/mol. The fourth-order valence-electron chi connectivity index (χ4n) is 1.82. The second kappa shape index (κ2) is 7.43. The first-order chi connectivity index (χ1) is 7.76. The topological polar surface area (TPSA) is 74.9 Å². The van der Waals surface area contributed by atoms with Crippen LogP contribution in [0, 0.1) is 5.92 Å². The summed E-state index contributed by atoms with van der Waals surface area (Å²) in [5, 5.41) is 3.08. The number of rotatable bonds is 5. The molecule has 0 spiro atoms. The van der Waals surface area contributed by atoms with Gasteiger partial charge >= 0.3 is 0 Å². The average Bonchev–Trinajstić information content (AvgIpc) is 2.69. The summed E-state index contributed by atoms with van der Waals surface area (Å²) in [7, 11) is 3.81. The Morgan fingerprint density at radius 3 is 3.00 bits per heavy atom. The van der Waals surface area contributed by atoms with Crippen LogP contribution in [0.15, 0.2) is 4.99 Å². The molecular formula is C10H23N5O. The van der Waals surface area contributed by atoms with Gasteiger partial charge in [-0.1, -0.05) is 0 Å². The molecule has 0 aromatic rings. The highest BCUT2D eigenvalue weighted by molar-refractivity contribution is 5.79. The van der Waals surface area contributed by atoms with Crippen LogP contribution in [0.1, 0.15) is 6.42 Å². The molecule has 1 atom stereocenters. The minimum Gasteiger partial charge on any atom is -0.383 e. The van der Waals surface area contributed by atoms with Gasteiger partial charge in [0.2, 0.25) is 5.96 Å². The summed E-state index contributed by atoms with van der Waals surface area (Å²) in [6.45, 7) is 4.48. The maximum absolute atomic E-state index is 5.37. The molecule has 0 saturated carbocycles. The van der Waals surface area contributed by atoms with Gasteiger partial charge in [0.05, 0.1) is 6.61 Å². The Labute approximate surface area is 97.2 Å². The molecule has 0 amide bonds. The third-order valence-corrected chi connectivity index (χ3v) is 2.73. The van der Waals surface area contributed by atoms with Crippen molar-refractivity contribution in [2.45, 2.75) is 6.42 Å². The largest absolute Gasteiger partial charge is 0.383 e. The minimum absolute atomic E-state index is 0.645. The summed E-state index contributed by atoms with van der Waals surface area (Å²) in [5.41, 5.74) is 2.57. The molecule has 1 fully saturated rings. The molecule has 1 saturated heterocycles. The lowest BCUT2D eigenvalue weighted by Gasteiger charge is -2.11. The molecule has 1 heterocycles. The molecule has 16 heavy (non-hydrogen) atoms. The number of guanidine groups is 1. The normalized spacial score (nSPS) is 22.4. The number of hydrogen-bond acceptors (Lipinski definition) is 4. The lowest BCUT2D eigenvalue weighted by Crippen LogP contribution is -2.43. The Bertz CT molecular complexity index is 221. The molecule has 1 unspecified atom stereocenters. The summed E-state index contributed by atoms with van der Waals surface area (Å²) in [4.78, 5) is 6.75. The van der Waals surface area contributed by atoms with E-state index < -0.39 is 0 Å². The van der Waals surface area contributed by atoms with Crippen molar-refractivity contribution in [3.63, 3.8) is 0 Å². The predicted octanol–water partition coefficient (Wildman–Crippen LogP) is -1.01. The van der Waals surface area contributed by atoms with Crippen molar-refractivity contribution in [1.29, 1.82) is 0 Å². The van der Waals surface area contributed by atoms with E-state index in [4.69, 9.17) is 10.6 Å². The molecule has 94 valence electrons. The zero-order valence-corrected chi connectivity index (χ0v) is 10.2. The van der Waals surface area contributed by atoms with Crippen molar-refractivity contribution in [2.24, 2.45) is 16.8 Å². The lowest BCUT2D eigenvalue weighted by atomic mass is 10.1. The minimum atomic E-state index is 0.645. The number of aliphatic imine (C=N–C) groups is 1. The Balaban J connectivity index is 2.23. The van der Waals surface area contributed by atoms with Crippen LogP contribution < -0.4 is 16.6 Å². The highest BCUT2D eigenvalue weighted by Crippen LogP contribution is 2.13. The molecule has 0 aromatic heterocycles. The van der Waals surface area contributed by atoms with Crippen molar-refractivity contribution in [3.05, 3.63) is 0 Å². The number of likely N-dealkylation sites (tertiary alicyclic amines) is 1. The Kier molecular flexibility index (Phi) is 6.14. The van der Waals surface area contributed by atoms with Crippen molar-refractivity contribution in [2.75, 3.05) is 46.9 Å². The van der Waals surface area contributed by atoms with Gasteiger partial charge in [-0.05, 0) is 25.9 Å². The third kappa shape index (κ3) is 4.78. The van der Waals surface area contributed by atoms with Crippen LogP contribution >= 0.6 is 0 Å². The molecular weight excluding hydrogens is 206 g/mol. The van der Waals surface area contributed by atoms with Gasteiger partial charge in [0, 0.05) is 26.7 Å². The van der Waals surface area contributed by atoms with Gasteiger partial charge in [-0.2, -0.15) is 0 Å². The number of hydrazine groups is 1. The van der Waals surface area contributed by atoms with Gasteiger partial charge in [0.1, 0.15) is 0 Å². The van der Waals surface area contributed by atoms with Crippen LogP contribution in [0.4, 0.5) is 0 Å². The summed E-state index contributed by atoms with van der Waals surface area (Å²) in [5.74, 6) is 6.67. The first kappa shape index (κ1) is 13.2. The van der Waals surface area contributed by atoms with E-state index in [1.807, 2.05) is 0 Å². The van der Waals surface area contributed by atoms with Gasteiger partial charge < -0.3 is 15.0 Å². The van der Waals surface area contributed by atoms with Crippen molar-refractivity contribution in [3.8, 4) is 0 Å². The van der Waals surface area contributed by atoms with Gasteiger partial charge in [0.25, 0.3) is 0 Å². The Hall–Kier alpha value is -0.850. The van der Waals surface area contributed by atoms with Crippen molar-refractivity contribution < 1.29 is 4.74 Å². The van der Waals surface area contributed by atoms with E-state index >= 15 is 0 Å². The second-order valence-electron chi connectivity index (χ2n) is 4.17. The standard InChI is InChI=1S/C10H23N5O/c1-15-5-3-9(8-15)7-13-10(14-11)12-4-6-16-2/h9H,3-8,11H2,1-2H3,(H2,12,13,14). The van der Waals surface area contributed by atoms with E-state index in [-0.39, 0.29) is 0 Å². The molecule has 0 aromatic carbocycles. The average molecular weight is 229 g/mol. The first-order valence-electron chi connectivity index (χ1n) is 5.68. The Morgan fingerprint density at radius 2 is 2.44 bits per heavy atom. The number of nitrogens with zero attached hydrogens (tertiary/aromatic N) is 2. The van der Waals surface area contributed by atoms with Crippen LogP contribution in [0.5, 0.6) is 0 Å². The number of ether oxygens (including phenoxy) is 1. The number of methoxy groups -OCH3 is 1. The van der Waals surface area contributed by atoms with E-state index in [0.717, 1.165) is 13.1 Å². The summed E-state index contributed by atoms with van der Waals surface area (Å²) < 4.78 is 4.94. The van der Waals surface area contributed by atoms with E-state index in [1.54, 1.807) is 7.11 Å². The lowest BCUT2D eigenvalue weighted by molar-refractivity contribution is 0.203. The zero-order chi connectivity index (χ0) is 11.8. The van der Waals surface area contributed by atoms with Crippen LogP contribution in [-0.4, -0.2) is 57.8 Å². The molecule has 1 aliphatic rings. The maximum Gasteiger partial charge on any atom is 0.205 e. The highest BCUT2D eigenvalue weighted by Gasteiger charge is 2.18. The number of nitrogens with two attached hydrogens (primary N) is 1. The first-order valence-corrected chi connectivity index (χ1v) is 5.68. The van der Waals surface area contributed by atoms with Crippen LogP contribution in [0.2, 0.25) is 0 Å². The molecule has 0 bridgehead atoms. The summed E-state index contributed by atoms with van der Waals surface area (Å²) >= 11 is 0. The second-order valence-corrected chi connectivity index (χ2v) is 4.17. The van der Waals surface area contributed by atoms with Gasteiger partial charge in [-0.25, -0.2) is 5.84 Å². The van der Waals surface area contributed by atoms with Crippen molar-refractivity contribution in [1.82, 2.24) is 15.6 Å². The van der Waals surface area contributed by atoms with E-state index in [0.29, 0.717) is 25.0 Å². The fraction of sp³-hybridized carbons (Fsp3) is 0.900.